The highest BCUT2D eigenvalue weighted by atomic mass is 16.5. The Morgan fingerprint density at radius 1 is 0.970 bits per heavy atom. The van der Waals surface area contributed by atoms with E-state index in [4.69, 9.17) is 9.84 Å². The van der Waals surface area contributed by atoms with Crippen molar-refractivity contribution in [2.45, 2.75) is 58.0 Å². The lowest BCUT2D eigenvalue weighted by Gasteiger charge is -2.25. The van der Waals surface area contributed by atoms with E-state index < -0.39 is 30.1 Å². The highest BCUT2D eigenvalue weighted by molar-refractivity contribution is 5.86. The minimum Gasteiger partial charge on any atom is -0.481 e. The molecule has 1 aliphatic carbocycles. The van der Waals surface area contributed by atoms with Gasteiger partial charge in [0.2, 0.25) is 5.91 Å². The van der Waals surface area contributed by atoms with Crippen molar-refractivity contribution in [3.05, 3.63) is 59.7 Å². The highest BCUT2D eigenvalue weighted by Gasteiger charge is 2.31. The maximum atomic E-state index is 12.8. The van der Waals surface area contributed by atoms with Crippen LogP contribution in [-0.2, 0) is 14.3 Å². The molecule has 2 amide bonds. The molecule has 0 radical (unpaired) electrons. The van der Waals surface area contributed by atoms with Gasteiger partial charge in [0.1, 0.15) is 12.6 Å². The first-order valence-electron chi connectivity index (χ1n) is 11.5. The van der Waals surface area contributed by atoms with Gasteiger partial charge >= 0.3 is 12.1 Å². The molecule has 0 bridgehead atoms. The smallest absolute Gasteiger partial charge is 0.407 e. The van der Waals surface area contributed by atoms with Crippen LogP contribution in [0.4, 0.5) is 4.79 Å². The van der Waals surface area contributed by atoms with Crippen molar-refractivity contribution in [3.8, 4) is 11.1 Å². The van der Waals surface area contributed by atoms with E-state index >= 15 is 0 Å². The molecule has 7 nitrogen and oxygen atoms in total. The van der Waals surface area contributed by atoms with Crippen LogP contribution in [0.25, 0.3) is 11.1 Å². The Hall–Kier alpha value is -3.35. The van der Waals surface area contributed by atoms with Gasteiger partial charge in [0.25, 0.3) is 0 Å². The van der Waals surface area contributed by atoms with Crippen LogP contribution in [0, 0.1) is 5.92 Å². The molecule has 3 rings (SSSR count). The minimum absolute atomic E-state index is 0.0704. The predicted molar refractivity (Wildman–Crippen MR) is 126 cm³/mol. The summed E-state index contributed by atoms with van der Waals surface area (Å²) in [5, 5.41) is 14.5. The maximum absolute atomic E-state index is 12.8. The fourth-order valence-corrected chi connectivity index (χ4v) is 4.38. The quantitative estimate of drug-likeness (QED) is 0.498. The van der Waals surface area contributed by atoms with E-state index in [1.54, 1.807) is 0 Å². The third kappa shape index (κ3) is 5.92. The van der Waals surface area contributed by atoms with Crippen LogP contribution in [0.2, 0.25) is 0 Å². The summed E-state index contributed by atoms with van der Waals surface area (Å²) in [6.07, 6.45) is 0.462. The molecule has 2 aromatic rings. The van der Waals surface area contributed by atoms with Gasteiger partial charge in [-0.3, -0.25) is 9.59 Å². The Kier molecular flexibility index (Phi) is 8.09. The Balaban J connectivity index is 1.64. The minimum atomic E-state index is -0.973. The number of carbonyl (C=O) groups is 3. The molecule has 0 heterocycles. The SMILES string of the molecule is CCCC(CC(=O)O)NC(=O)[C@H](NC(=O)OCC1c2ccccc2-c2ccccc21)C(C)C. The van der Waals surface area contributed by atoms with E-state index in [0.29, 0.717) is 6.42 Å². The molecule has 7 heteroatoms. The number of hydrogen-bond acceptors (Lipinski definition) is 4. The number of hydrogen-bond donors (Lipinski definition) is 3. The number of carbonyl (C=O) groups excluding carboxylic acids is 2. The number of alkyl carbamates (subject to hydrolysis) is 1. The van der Waals surface area contributed by atoms with Crippen LogP contribution in [0.3, 0.4) is 0 Å². The second-order valence-corrected chi connectivity index (χ2v) is 8.78. The number of carboxylic acids is 1. The largest absolute Gasteiger partial charge is 0.481 e. The summed E-state index contributed by atoms with van der Waals surface area (Å²) in [6.45, 7) is 5.72. The third-order valence-corrected chi connectivity index (χ3v) is 5.97. The summed E-state index contributed by atoms with van der Waals surface area (Å²) in [5.41, 5.74) is 4.50. The van der Waals surface area contributed by atoms with E-state index in [1.807, 2.05) is 57.2 Å². The molecule has 0 aliphatic heterocycles. The lowest BCUT2D eigenvalue weighted by Crippen LogP contribution is -2.52. The first kappa shape index (κ1) is 24.3. The molecule has 0 saturated carbocycles. The summed E-state index contributed by atoms with van der Waals surface area (Å²) >= 11 is 0. The molecule has 176 valence electrons. The molecule has 33 heavy (non-hydrogen) atoms. The van der Waals surface area contributed by atoms with Gasteiger partial charge in [-0.1, -0.05) is 75.7 Å². The predicted octanol–water partition coefficient (Wildman–Crippen LogP) is 4.31. The van der Waals surface area contributed by atoms with E-state index in [1.165, 1.54) is 0 Å². The zero-order valence-corrected chi connectivity index (χ0v) is 19.3. The molecule has 0 saturated heterocycles. The average Bonchev–Trinajstić information content (AvgIpc) is 3.09. The van der Waals surface area contributed by atoms with Gasteiger partial charge < -0.3 is 20.5 Å². The van der Waals surface area contributed by atoms with Crippen LogP contribution in [0.15, 0.2) is 48.5 Å². The molecule has 0 aromatic heterocycles. The Labute approximate surface area is 194 Å². The Morgan fingerprint density at radius 3 is 2.06 bits per heavy atom. The lowest BCUT2D eigenvalue weighted by atomic mass is 9.98. The van der Waals surface area contributed by atoms with Gasteiger partial charge in [-0.05, 0) is 34.6 Å². The number of aliphatic carboxylic acids is 1. The van der Waals surface area contributed by atoms with Crippen LogP contribution >= 0.6 is 0 Å². The number of carboxylic acid groups (broad SMARTS) is 1. The maximum Gasteiger partial charge on any atom is 0.407 e. The highest BCUT2D eigenvalue weighted by Crippen LogP contribution is 2.44. The monoisotopic (exact) mass is 452 g/mol. The van der Waals surface area contributed by atoms with Crippen molar-refractivity contribution >= 4 is 18.0 Å². The summed E-state index contributed by atoms with van der Waals surface area (Å²) in [6, 6.07) is 14.8. The Bertz CT molecular complexity index is 958. The van der Waals surface area contributed by atoms with Crippen LogP contribution in [0.1, 0.15) is 57.1 Å². The number of ether oxygens (including phenoxy) is 1. The van der Waals surface area contributed by atoms with E-state index in [9.17, 15) is 14.4 Å². The molecule has 1 unspecified atom stereocenters. The molecule has 0 fully saturated rings. The summed E-state index contributed by atoms with van der Waals surface area (Å²) in [4.78, 5) is 36.5. The van der Waals surface area contributed by atoms with Gasteiger partial charge in [0.15, 0.2) is 0 Å². The first-order valence-corrected chi connectivity index (χ1v) is 11.5. The van der Waals surface area contributed by atoms with E-state index in [2.05, 4.69) is 22.8 Å². The Morgan fingerprint density at radius 2 is 1.55 bits per heavy atom. The molecule has 1 aliphatic rings. The molecule has 2 atom stereocenters. The second-order valence-electron chi connectivity index (χ2n) is 8.78. The van der Waals surface area contributed by atoms with Crippen molar-refractivity contribution < 1.29 is 24.2 Å². The zero-order valence-electron chi connectivity index (χ0n) is 19.3. The van der Waals surface area contributed by atoms with Gasteiger partial charge in [0.05, 0.1) is 6.42 Å². The number of nitrogens with one attached hydrogen (secondary N) is 2. The van der Waals surface area contributed by atoms with Gasteiger partial charge in [-0.2, -0.15) is 0 Å². The van der Waals surface area contributed by atoms with Crippen LogP contribution in [0.5, 0.6) is 0 Å². The fourth-order valence-electron chi connectivity index (χ4n) is 4.38. The number of rotatable bonds is 10. The van der Waals surface area contributed by atoms with Crippen molar-refractivity contribution in [2.75, 3.05) is 6.61 Å². The van der Waals surface area contributed by atoms with Crippen molar-refractivity contribution in [3.63, 3.8) is 0 Å². The van der Waals surface area contributed by atoms with E-state index in [-0.39, 0.29) is 24.9 Å². The van der Waals surface area contributed by atoms with Crippen molar-refractivity contribution in [1.82, 2.24) is 10.6 Å². The van der Waals surface area contributed by atoms with Gasteiger partial charge in [0, 0.05) is 12.0 Å². The first-order chi connectivity index (χ1) is 15.8. The number of fused-ring (bicyclic) bond motifs is 3. The van der Waals surface area contributed by atoms with Crippen molar-refractivity contribution in [1.29, 1.82) is 0 Å². The lowest BCUT2D eigenvalue weighted by molar-refractivity contribution is -0.137. The zero-order chi connectivity index (χ0) is 24.0. The summed E-state index contributed by atoms with van der Waals surface area (Å²) in [5.74, 6) is -1.64. The van der Waals surface area contributed by atoms with E-state index in [0.717, 1.165) is 28.7 Å². The van der Waals surface area contributed by atoms with Gasteiger partial charge in [-0.25, -0.2) is 4.79 Å². The molecule has 3 N–H and O–H groups in total. The summed E-state index contributed by atoms with van der Waals surface area (Å²) < 4.78 is 5.56. The number of benzene rings is 2. The third-order valence-electron chi connectivity index (χ3n) is 5.97. The van der Waals surface area contributed by atoms with Crippen LogP contribution in [-0.4, -0.2) is 41.8 Å². The van der Waals surface area contributed by atoms with Crippen molar-refractivity contribution in [2.24, 2.45) is 5.92 Å². The average molecular weight is 453 g/mol. The molecule has 2 aromatic carbocycles. The normalized spacial score (nSPS) is 14.2. The van der Waals surface area contributed by atoms with Gasteiger partial charge in [-0.15, -0.1) is 0 Å². The topological polar surface area (TPSA) is 105 Å². The standard InChI is InChI=1S/C26H32N2O5/c1-4-9-17(14-23(29)30)27-25(31)24(16(2)3)28-26(32)33-15-22-20-12-7-5-10-18(20)19-11-6-8-13-21(19)22/h5-8,10-13,16-17,22,24H,4,9,14-15H2,1-3H3,(H,27,31)(H,28,32)(H,29,30)/t17?,24-/m1/s1. The summed E-state index contributed by atoms with van der Waals surface area (Å²) in [7, 11) is 0. The molecular weight excluding hydrogens is 420 g/mol. The second kappa shape index (κ2) is 11.0. The van der Waals surface area contributed by atoms with Crippen LogP contribution < -0.4 is 10.6 Å². The number of amides is 2. The molecule has 0 spiro atoms. The fraction of sp³-hybridized carbons (Fsp3) is 0.423. The molecular formula is C26H32N2O5.